The Balaban J connectivity index is 2.38. The summed E-state index contributed by atoms with van der Waals surface area (Å²) in [6.45, 7) is 6.82. The first-order valence-electron chi connectivity index (χ1n) is 6.83. The normalized spacial score (nSPS) is 12.2. The zero-order valence-electron chi connectivity index (χ0n) is 11.7. The number of hydrogen-bond donors (Lipinski definition) is 0. The minimum atomic E-state index is 0.240. The van der Waals surface area contributed by atoms with E-state index < -0.39 is 0 Å². The van der Waals surface area contributed by atoms with Gasteiger partial charge in [-0.15, -0.1) is 0 Å². The summed E-state index contributed by atoms with van der Waals surface area (Å²) in [6, 6.07) is 8.08. The van der Waals surface area contributed by atoms with Crippen molar-refractivity contribution >= 4 is 5.78 Å². The standard InChI is InChI=1S/C16H24O2/c1-4-5-13(2)12-18-16-10-8-15(9-11-16)7-6-14(3)17/h8-11,13H,4-7,12H2,1-3H3. The summed E-state index contributed by atoms with van der Waals surface area (Å²) in [4.78, 5) is 10.9. The van der Waals surface area contributed by atoms with Gasteiger partial charge in [-0.3, -0.25) is 0 Å². The lowest BCUT2D eigenvalue weighted by atomic mass is 10.1. The number of carbonyl (C=O) groups excluding carboxylic acids is 1. The number of benzene rings is 1. The predicted octanol–water partition coefficient (Wildman–Crippen LogP) is 4.02. The monoisotopic (exact) mass is 248 g/mol. The lowest BCUT2D eigenvalue weighted by Crippen LogP contribution is -2.08. The quantitative estimate of drug-likeness (QED) is 0.694. The summed E-state index contributed by atoms with van der Waals surface area (Å²) >= 11 is 0. The second kappa shape index (κ2) is 7.91. The number of carbonyl (C=O) groups is 1. The Bertz CT molecular complexity index is 354. The molecule has 0 aliphatic heterocycles. The molecular weight excluding hydrogens is 224 g/mol. The lowest BCUT2D eigenvalue weighted by Gasteiger charge is -2.12. The Labute approximate surface area is 110 Å². The molecule has 0 radical (unpaired) electrons. The summed E-state index contributed by atoms with van der Waals surface area (Å²) < 4.78 is 5.73. The topological polar surface area (TPSA) is 26.3 Å². The summed E-state index contributed by atoms with van der Waals surface area (Å²) in [6.07, 6.45) is 3.85. The van der Waals surface area contributed by atoms with E-state index in [1.165, 1.54) is 18.4 Å². The van der Waals surface area contributed by atoms with Crippen molar-refractivity contribution in [3.05, 3.63) is 29.8 Å². The molecule has 0 aliphatic carbocycles. The van der Waals surface area contributed by atoms with Crippen LogP contribution in [0.2, 0.25) is 0 Å². The maximum atomic E-state index is 10.9. The van der Waals surface area contributed by atoms with Crippen molar-refractivity contribution in [3.63, 3.8) is 0 Å². The Kier molecular flexibility index (Phi) is 6.48. The van der Waals surface area contributed by atoms with Gasteiger partial charge in [-0.25, -0.2) is 0 Å². The molecule has 0 aliphatic rings. The Morgan fingerprint density at radius 2 is 1.94 bits per heavy atom. The summed E-state index contributed by atoms with van der Waals surface area (Å²) in [5, 5.41) is 0. The van der Waals surface area contributed by atoms with Crippen molar-refractivity contribution in [2.24, 2.45) is 5.92 Å². The highest BCUT2D eigenvalue weighted by atomic mass is 16.5. The van der Waals surface area contributed by atoms with Crippen molar-refractivity contribution in [1.29, 1.82) is 0 Å². The fourth-order valence-electron chi connectivity index (χ4n) is 1.89. The molecule has 0 aromatic heterocycles. The molecule has 0 spiro atoms. The molecule has 1 unspecified atom stereocenters. The summed E-state index contributed by atoms with van der Waals surface area (Å²) in [7, 11) is 0. The van der Waals surface area contributed by atoms with Crippen LogP contribution in [0.15, 0.2) is 24.3 Å². The molecule has 1 rings (SSSR count). The van der Waals surface area contributed by atoms with Gasteiger partial charge in [0, 0.05) is 6.42 Å². The highest BCUT2D eigenvalue weighted by Crippen LogP contribution is 2.15. The van der Waals surface area contributed by atoms with Crippen LogP contribution in [0.3, 0.4) is 0 Å². The molecule has 1 aromatic carbocycles. The first-order chi connectivity index (χ1) is 8.61. The van der Waals surface area contributed by atoms with E-state index in [0.29, 0.717) is 12.3 Å². The molecule has 0 bridgehead atoms. The van der Waals surface area contributed by atoms with Crippen LogP contribution >= 0.6 is 0 Å². The summed E-state index contributed by atoms with van der Waals surface area (Å²) in [5.41, 5.74) is 1.19. The van der Waals surface area contributed by atoms with Crippen molar-refractivity contribution in [2.45, 2.75) is 46.5 Å². The van der Waals surface area contributed by atoms with Gasteiger partial charge in [-0.1, -0.05) is 32.4 Å². The maximum Gasteiger partial charge on any atom is 0.130 e. The zero-order valence-corrected chi connectivity index (χ0v) is 11.7. The van der Waals surface area contributed by atoms with E-state index in [4.69, 9.17) is 4.74 Å². The molecule has 0 saturated heterocycles. The van der Waals surface area contributed by atoms with E-state index in [1.807, 2.05) is 24.3 Å². The molecular formula is C16H24O2. The van der Waals surface area contributed by atoms with E-state index in [2.05, 4.69) is 13.8 Å². The van der Waals surface area contributed by atoms with Gasteiger partial charge in [0.25, 0.3) is 0 Å². The number of hydrogen-bond acceptors (Lipinski definition) is 2. The van der Waals surface area contributed by atoms with Gasteiger partial charge >= 0.3 is 0 Å². The van der Waals surface area contributed by atoms with Crippen molar-refractivity contribution in [2.75, 3.05) is 6.61 Å². The fourth-order valence-corrected chi connectivity index (χ4v) is 1.89. The molecule has 0 fully saturated rings. The number of Topliss-reactive ketones (excluding diaryl/α,β-unsaturated/α-hetero) is 1. The number of rotatable bonds is 8. The molecule has 0 amide bonds. The number of ether oxygens (including phenoxy) is 1. The van der Waals surface area contributed by atoms with Crippen molar-refractivity contribution < 1.29 is 9.53 Å². The van der Waals surface area contributed by atoms with Gasteiger partial charge in [-0.05, 0) is 43.4 Å². The van der Waals surface area contributed by atoms with E-state index in [0.717, 1.165) is 18.8 Å². The second-order valence-corrected chi connectivity index (χ2v) is 5.05. The van der Waals surface area contributed by atoms with Gasteiger partial charge in [0.2, 0.25) is 0 Å². The Hall–Kier alpha value is -1.31. The van der Waals surface area contributed by atoms with Gasteiger partial charge < -0.3 is 9.53 Å². The molecule has 0 heterocycles. The first-order valence-corrected chi connectivity index (χ1v) is 6.83. The van der Waals surface area contributed by atoms with Crippen LogP contribution in [0.1, 0.15) is 45.6 Å². The molecule has 18 heavy (non-hydrogen) atoms. The lowest BCUT2D eigenvalue weighted by molar-refractivity contribution is -0.116. The Morgan fingerprint density at radius 1 is 1.28 bits per heavy atom. The maximum absolute atomic E-state index is 10.9. The third kappa shape index (κ3) is 5.85. The van der Waals surface area contributed by atoms with Gasteiger partial charge in [-0.2, -0.15) is 0 Å². The molecule has 0 N–H and O–H groups in total. The first kappa shape index (κ1) is 14.7. The summed E-state index contributed by atoms with van der Waals surface area (Å²) in [5.74, 6) is 1.76. The number of ketones is 1. The van der Waals surface area contributed by atoms with Crippen LogP contribution in [-0.4, -0.2) is 12.4 Å². The SMILES string of the molecule is CCCC(C)COc1ccc(CCC(C)=O)cc1. The number of aryl methyl sites for hydroxylation is 1. The fraction of sp³-hybridized carbons (Fsp3) is 0.562. The molecule has 1 aromatic rings. The van der Waals surface area contributed by atoms with Gasteiger partial charge in [0.1, 0.15) is 11.5 Å². The smallest absolute Gasteiger partial charge is 0.130 e. The van der Waals surface area contributed by atoms with E-state index >= 15 is 0 Å². The van der Waals surface area contributed by atoms with Crippen LogP contribution in [-0.2, 0) is 11.2 Å². The second-order valence-electron chi connectivity index (χ2n) is 5.05. The highest BCUT2D eigenvalue weighted by molar-refractivity contribution is 5.75. The average Bonchev–Trinajstić information content (AvgIpc) is 2.35. The minimum absolute atomic E-state index is 0.240. The van der Waals surface area contributed by atoms with Crippen LogP contribution < -0.4 is 4.74 Å². The van der Waals surface area contributed by atoms with Crippen molar-refractivity contribution in [1.82, 2.24) is 0 Å². The Morgan fingerprint density at radius 3 is 2.50 bits per heavy atom. The highest BCUT2D eigenvalue weighted by Gasteiger charge is 2.02. The van der Waals surface area contributed by atoms with E-state index in [1.54, 1.807) is 6.92 Å². The molecule has 100 valence electrons. The van der Waals surface area contributed by atoms with E-state index in [9.17, 15) is 4.79 Å². The minimum Gasteiger partial charge on any atom is -0.493 e. The van der Waals surface area contributed by atoms with Crippen LogP contribution in [0.25, 0.3) is 0 Å². The van der Waals surface area contributed by atoms with E-state index in [-0.39, 0.29) is 5.78 Å². The average molecular weight is 248 g/mol. The molecule has 0 saturated carbocycles. The van der Waals surface area contributed by atoms with Crippen molar-refractivity contribution in [3.8, 4) is 5.75 Å². The molecule has 1 atom stereocenters. The van der Waals surface area contributed by atoms with Gasteiger partial charge in [0.05, 0.1) is 6.61 Å². The largest absolute Gasteiger partial charge is 0.493 e. The third-order valence-corrected chi connectivity index (χ3v) is 3.01. The van der Waals surface area contributed by atoms with Crippen LogP contribution in [0.5, 0.6) is 5.75 Å². The third-order valence-electron chi connectivity index (χ3n) is 3.01. The molecule has 2 nitrogen and oxygen atoms in total. The van der Waals surface area contributed by atoms with Crippen LogP contribution in [0.4, 0.5) is 0 Å². The van der Waals surface area contributed by atoms with Crippen LogP contribution in [0, 0.1) is 5.92 Å². The van der Waals surface area contributed by atoms with Gasteiger partial charge in [0.15, 0.2) is 0 Å². The molecule has 2 heteroatoms. The predicted molar refractivity (Wildman–Crippen MR) is 75.0 cm³/mol. The zero-order chi connectivity index (χ0) is 13.4.